The lowest BCUT2D eigenvalue weighted by atomic mass is 10.3. The molecule has 0 heterocycles. The van der Waals surface area contributed by atoms with E-state index < -0.39 is 0 Å². The first-order valence-corrected chi connectivity index (χ1v) is 3.54. The Balaban J connectivity index is 3.22. The first-order valence-electron chi connectivity index (χ1n) is 3.54. The molecule has 0 amide bonds. The molecule has 0 aromatic carbocycles. The van der Waals surface area contributed by atoms with Crippen LogP contribution >= 0.6 is 0 Å². The van der Waals surface area contributed by atoms with E-state index in [1.165, 1.54) is 0 Å². The number of ether oxygens (including phenoxy) is 1. The molecule has 10 heavy (non-hydrogen) atoms. The summed E-state index contributed by atoms with van der Waals surface area (Å²) in [6.45, 7) is 4.97. The Labute approximate surface area is 61.9 Å². The van der Waals surface area contributed by atoms with Gasteiger partial charge in [-0.1, -0.05) is 6.08 Å². The van der Waals surface area contributed by atoms with E-state index in [1.807, 2.05) is 13.8 Å². The zero-order chi connectivity index (χ0) is 7.82. The summed E-state index contributed by atoms with van der Waals surface area (Å²) in [6.07, 6.45) is 3.81. The summed E-state index contributed by atoms with van der Waals surface area (Å²) in [5.41, 5.74) is 0. The van der Waals surface area contributed by atoms with E-state index >= 15 is 0 Å². The molecule has 0 fully saturated rings. The summed E-state index contributed by atoms with van der Waals surface area (Å²) in [5.74, 6) is 0.135. The second kappa shape index (κ2) is 6.49. The van der Waals surface area contributed by atoms with Gasteiger partial charge in [-0.2, -0.15) is 0 Å². The highest BCUT2D eigenvalue weighted by atomic mass is 16.5. The minimum Gasteiger partial charge on any atom is -0.381 e. The fourth-order valence-electron chi connectivity index (χ4n) is 0.586. The quantitative estimate of drug-likeness (QED) is 0.430. The average Bonchev–Trinajstić information content (AvgIpc) is 1.89. The van der Waals surface area contributed by atoms with Gasteiger partial charge in [-0.15, -0.1) is 0 Å². The molecule has 0 aliphatic rings. The maximum Gasteiger partial charge on any atom is 0.157 e. The van der Waals surface area contributed by atoms with Crippen molar-refractivity contribution >= 4 is 5.78 Å². The van der Waals surface area contributed by atoms with Crippen molar-refractivity contribution in [1.29, 1.82) is 0 Å². The summed E-state index contributed by atoms with van der Waals surface area (Å²) >= 11 is 0. The lowest BCUT2D eigenvalue weighted by Crippen LogP contribution is -2.00. The van der Waals surface area contributed by atoms with E-state index in [0.717, 1.165) is 0 Å². The fraction of sp³-hybridized carbons (Fsp3) is 0.625. The third-order valence-electron chi connectivity index (χ3n) is 1.05. The zero-order valence-electron chi connectivity index (χ0n) is 6.59. The van der Waals surface area contributed by atoms with Gasteiger partial charge in [0.2, 0.25) is 0 Å². The van der Waals surface area contributed by atoms with Crippen LogP contribution < -0.4 is 0 Å². The standard InChI is InChI=1S/C8H14O2/c1-3-5-8(9)6-7-10-4-2/h3,5H,4,6-7H2,1-2H3/b5-3+. The normalized spacial score (nSPS) is 10.6. The SMILES string of the molecule is C/C=C/C(=O)CCOCC. The largest absolute Gasteiger partial charge is 0.381 e. The molecule has 2 nitrogen and oxygen atoms in total. The van der Waals surface area contributed by atoms with Crippen LogP contribution in [0.15, 0.2) is 12.2 Å². The number of hydrogen-bond acceptors (Lipinski definition) is 2. The van der Waals surface area contributed by atoms with Crippen LogP contribution in [0, 0.1) is 0 Å². The number of hydrogen-bond donors (Lipinski definition) is 0. The third-order valence-corrected chi connectivity index (χ3v) is 1.05. The Morgan fingerprint density at radius 1 is 1.60 bits per heavy atom. The van der Waals surface area contributed by atoms with Crippen LogP contribution in [0.3, 0.4) is 0 Å². The molecule has 2 heteroatoms. The summed E-state index contributed by atoms with van der Waals surface area (Å²) < 4.78 is 5.00. The Bertz CT molecular complexity index is 116. The van der Waals surface area contributed by atoms with Gasteiger partial charge in [0.1, 0.15) is 0 Å². The second-order valence-electron chi connectivity index (χ2n) is 1.91. The Morgan fingerprint density at radius 2 is 2.30 bits per heavy atom. The van der Waals surface area contributed by atoms with Gasteiger partial charge < -0.3 is 4.74 Å². The van der Waals surface area contributed by atoms with Gasteiger partial charge in [0.15, 0.2) is 5.78 Å². The lowest BCUT2D eigenvalue weighted by Gasteiger charge is -1.95. The van der Waals surface area contributed by atoms with E-state index in [4.69, 9.17) is 4.74 Å². The van der Waals surface area contributed by atoms with Crippen LogP contribution in [-0.4, -0.2) is 19.0 Å². The molecular weight excluding hydrogens is 128 g/mol. The molecule has 0 saturated carbocycles. The molecular formula is C8H14O2. The van der Waals surface area contributed by atoms with Gasteiger partial charge in [-0.25, -0.2) is 0 Å². The molecule has 0 aromatic heterocycles. The number of rotatable bonds is 5. The van der Waals surface area contributed by atoms with Gasteiger partial charge >= 0.3 is 0 Å². The molecule has 0 unspecified atom stereocenters. The van der Waals surface area contributed by atoms with Crippen LogP contribution in [0.1, 0.15) is 20.3 Å². The Morgan fingerprint density at radius 3 is 2.80 bits per heavy atom. The third kappa shape index (κ3) is 5.51. The molecule has 0 rings (SSSR count). The number of carbonyl (C=O) groups is 1. The molecule has 58 valence electrons. The van der Waals surface area contributed by atoms with Crippen molar-refractivity contribution in [3.63, 3.8) is 0 Å². The minimum atomic E-state index is 0.135. The fourth-order valence-corrected chi connectivity index (χ4v) is 0.586. The van der Waals surface area contributed by atoms with Crippen molar-refractivity contribution in [2.45, 2.75) is 20.3 Å². The van der Waals surface area contributed by atoms with E-state index in [-0.39, 0.29) is 5.78 Å². The smallest absolute Gasteiger partial charge is 0.157 e. The molecule has 0 bridgehead atoms. The van der Waals surface area contributed by atoms with E-state index in [2.05, 4.69) is 0 Å². The topological polar surface area (TPSA) is 26.3 Å². The summed E-state index contributed by atoms with van der Waals surface area (Å²) in [4.78, 5) is 10.8. The highest BCUT2D eigenvalue weighted by Crippen LogP contribution is 1.86. The summed E-state index contributed by atoms with van der Waals surface area (Å²) in [7, 11) is 0. The first kappa shape index (κ1) is 9.37. The summed E-state index contributed by atoms with van der Waals surface area (Å²) in [6, 6.07) is 0. The first-order chi connectivity index (χ1) is 4.81. The van der Waals surface area contributed by atoms with E-state index in [0.29, 0.717) is 19.6 Å². The lowest BCUT2D eigenvalue weighted by molar-refractivity contribution is -0.115. The van der Waals surface area contributed by atoms with E-state index in [1.54, 1.807) is 12.2 Å². The maximum absolute atomic E-state index is 10.8. The molecule has 0 spiro atoms. The molecule has 0 saturated heterocycles. The van der Waals surface area contributed by atoms with Crippen LogP contribution in [0.25, 0.3) is 0 Å². The molecule has 0 atom stereocenters. The van der Waals surface area contributed by atoms with Crippen molar-refractivity contribution < 1.29 is 9.53 Å². The van der Waals surface area contributed by atoms with Crippen LogP contribution in [-0.2, 0) is 9.53 Å². The molecule has 0 aromatic rings. The van der Waals surface area contributed by atoms with Gasteiger partial charge in [-0.3, -0.25) is 4.79 Å². The predicted molar refractivity (Wildman–Crippen MR) is 40.9 cm³/mol. The summed E-state index contributed by atoms with van der Waals surface area (Å²) in [5, 5.41) is 0. The maximum atomic E-state index is 10.8. The number of allylic oxidation sites excluding steroid dienone is 2. The second-order valence-corrected chi connectivity index (χ2v) is 1.91. The van der Waals surface area contributed by atoms with Crippen molar-refractivity contribution in [3.05, 3.63) is 12.2 Å². The monoisotopic (exact) mass is 142 g/mol. The van der Waals surface area contributed by atoms with Crippen molar-refractivity contribution in [2.24, 2.45) is 0 Å². The highest BCUT2D eigenvalue weighted by Gasteiger charge is 1.93. The molecule has 0 aliphatic carbocycles. The van der Waals surface area contributed by atoms with Crippen molar-refractivity contribution in [3.8, 4) is 0 Å². The van der Waals surface area contributed by atoms with Gasteiger partial charge in [0.05, 0.1) is 6.61 Å². The number of ketones is 1. The number of carbonyl (C=O) groups excluding carboxylic acids is 1. The van der Waals surface area contributed by atoms with Crippen LogP contribution in [0.2, 0.25) is 0 Å². The van der Waals surface area contributed by atoms with E-state index in [9.17, 15) is 4.79 Å². The zero-order valence-corrected chi connectivity index (χ0v) is 6.59. The molecule has 0 radical (unpaired) electrons. The molecule has 0 N–H and O–H groups in total. The van der Waals surface area contributed by atoms with Crippen molar-refractivity contribution in [2.75, 3.05) is 13.2 Å². The highest BCUT2D eigenvalue weighted by molar-refractivity contribution is 5.89. The van der Waals surface area contributed by atoms with Gasteiger partial charge in [0, 0.05) is 13.0 Å². The Hall–Kier alpha value is -0.630. The molecule has 0 aliphatic heterocycles. The predicted octanol–water partition coefficient (Wildman–Crippen LogP) is 1.56. The average molecular weight is 142 g/mol. The minimum absolute atomic E-state index is 0.135. The van der Waals surface area contributed by atoms with Gasteiger partial charge in [-0.05, 0) is 19.9 Å². The van der Waals surface area contributed by atoms with Crippen molar-refractivity contribution in [1.82, 2.24) is 0 Å². The van der Waals surface area contributed by atoms with Crippen LogP contribution in [0.4, 0.5) is 0 Å². The van der Waals surface area contributed by atoms with Gasteiger partial charge in [0.25, 0.3) is 0 Å². The van der Waals surface area contributed by atoms with Crippen LogP contribution in [0.5, 0.6) is 0 Å². The Kier molecular flexibility index (Phi) is 6.08.